The zero-order valence-electron chi connectivity index (χ0n) is 9.06. The number of esters is 1. The van der Waals surface area contributed by atoms with Gasteiger partial charge in [0.1, 0.15) is 6.61 Å². The minimum absolute atomic E-state index is 0.193. The molecule has 1 heterocycles. The average molecular weight is 209 g/mol. The Hall–Kier alpha value is -1.65. The summed E-state index contributed by atoms with van der Waals surface area (Å²) in [7, 11) is 0. The van der Waals surface area contributed by atoms with Crippen molar-refractivity contribution in [1.82, 2.24) is 15.0 Å². The van der Waals surface area contributed by atoms with E-state index in [4.69, 9.17) is 4.74 Å². The smallest absolute Gasteiger partial charge is 0.361 e. The van der Waals surface area contributed by atoms with E-state index in [2.05, 4.69) is 16.9 Å². The van der Waals surface area contributed by atoms with Crippen molar-refractivity contribution in [2.24, 2.45) is 0 Å². The van der Waals surface area contributed by atoms with Gasteiger partial charge >= 0.3 is 5.97 Å². The van der Waals surface area contributed by atoms with E-state index >= 15 is 0 Å². The van der Waals surface area contributed by atoms with Crippen LogP contribution in [0.2, 0.25) is 0 Å². The van der Waals surface area contributed by atoms with Crippen LogP contribution in [-0.2, 0) is 11.3 Å². The Morgan fingerprint density at radius 3 is 3.00 bits per heavy atom. The minimum Gasteiger partial charge on any atom is -0.457 e. The van der Waals surface area contributed by atoms with Crippen molar-refractivity contribution in [1.29, 1.82) is 0 Å². The second kappa shape index (κ2) is 5.29. The van der Waals surface area contributed by atoms with Gasteiger partial charge in [0.15, 0.2) is 5.69 Å². The highest BCUT2D eigenvalue weighted by molar-refractivity contribution is 5.88. The number of rotatable bonds is 5. The lowest BCUT2D eigenvalue weighted by atomic mass is 10.3. The Kier molecular flexibility index (Phi) is 4.03. The van der Waals surface area contributed by atoms with E-state index in [0.717, 1.165) is 18.7 Å². The molecule has 0 atom stereocenters. The van der Waals surface area contributed by atoms with E-state index in [1.807, 2.05) is 6.92 Å². The van der Waals surface area contributed by atoms with Gasteiger partial charge in [0.2, 0.25) is 0 Å². The average Bonchev–Trinajstić information content (AvgIpc) is 2.58. The summed E-state index contributed by atoms with van der Waals surface area (Å²) in [5.41, 5.74) is 1.02. The van der Waals surface area contributed by atoms with Gasteiger partial charge in [-0.3, -0.25) is 0 Å². The molecule has 5 nitrogen and oxygen atoms in total. The molecule has 0 aromatic carbocycles. The van der Waals surface area contributed by atoms with Gasteiger partial charge in [0.25, 0.3) is 0 Å². The molecule has 0 amide bonds. The second-order valence-electron chi connectivity index (χ2n) is 3.13. The third-order valence-electron chi connectivity index (χ3n) is 1.94. The Balaban J connectivity index is 2.76. The topological polar surface area (TPSA) is 57.0 Å². The summed E-state index contributed by atoms with van der Waals surface area (Å²) in [4.78, 5) is 11.5. The van der Waals surface area contributed by atoms with Gasteiger partial charge in [0, 0.05) is 6.54 Å². The van der Waals surface area contributed by atoms with Gasteiger partial charge in [-0.1, -0.05) is 24.8 Å². The highest BCUT2D eigenvalue weighted by Crippen LogP contribution is 2.06. The molecule has 5 heteroatoms. The molecule has 0 saturated heterocycles. The Morgan fingerprint density at radius 2 is 2.40 bits per heavy atom. The molecule has 1 rings (SSSR count). The molecular formula is C10H15N3O2. The van der Waals surface area contributed by atoms with Gasteiger partial charge in [-0.15, -0.1) is 5.10 Å². The number of carbonyl (C=O) groups excluding carboxylic acids is 1. The number of aryl methyl sites for hydroxylation is 1. The van der Waals surface area contributed by atoms with Crippen LogP contribution in [0.3, 0.4) is 0 Å². The fourth-order valence-electron chi connectivity index (χ4n) is 1.18. The summed E-state index contributed by atoms with van der Waals surface area (Å²) in [5, 5.41) is 7.67. The van der Waals surface area contributed by atoms with Crippen molar-refractivity contribution in [2.45, 2.75) is 26.8 Å². The monoisotopic (exact) mass is 209 g/mol. The van der Waals surface area contributed by atoms with E-state index < -0.39 is 5.97 Å². The maximum absolute atomic E-state index is 11.5. The molecule has 0 unspecified atom stereocenters. The van der Waals surface area contributed by atoms with E-state index in [-0.39, 0.29) is 12.3 Å². The molecule has 0 aliphatic heterocycles. The van der Waals surface area contributed by atoms with Gasteiger partial charge in [-0.05, 0) is 13.3 Å². The third-order valence-corrected chi connectivity index (χ3v) is 1.94. The Labute approximate surface area is 88.7 Å². The molecule has 0 saturated carbocycles. The molecule has 0 aliphatic carbocycles. The fourth-order valence-corrected chi connectivity index (χ4v) is 1.18. The summed E-state index contributed by atoms with van der Waals surface area (Å²) in [5.74, 6) is -0.449. The van der Waals surface area contributed by atoms with Gasteiger partial charge < -0.3 is 4.74 Å². The highest BCUT2D eigenvalue weighted by atomic mass is 16.5. The number of carbonyl (C=O) groups is 1. The van der Waals surface area contributed by atoms with Crippen LogP contribution in [0.25, 0.3) is 0 Å². The molecule has 0 bridgehead atoms. The predicted molar refractivity (Wildman–Crippen MR) is 55.5 cm³/mol. The minimum atomic E-state index is -0.449. The van der Waals surface area contributed by atoms with E-state index in [9.17, 15) is 4.79 Å². The molecule has 1 aromatic rings. The first kappa shape index (κ1) is 11.4. The zero-order valence-corrected chi connectivity index (χ0v) is 9.06. The molecule has 0 radical (unpaired) electrons. The lowest BCUT2D eigenvalue weighted by molar-refractivity contribution is 0.0542. The number of hydrogen-bond acceptors (Lipinski definition) is 4. The summed E-state index contributed by atoms with van der Waals surface area (Å²) < 4.78 is 6.58. The van der Waals surface area contributed by atoms with Crippen molar-refractivity contribution in [3.05, 3.63) is 24.0 Å². The van der Waals surface area contributed by atoms with Crippen LogP contribution in [-0.4, -0.2) is 27.6 Å². The quantitative estimate of drug-likeness (QED) is 0.542. The summed E-state index contributed by atoms with van der Waals surface area (Å²) >= 11 is 0. The van der Waals surface area contributed by atoms with Gasteiger partial charge in [-0.2, -0.15) is 0 Å². The third kappa shape index (κ3) is 2.65. The van der Waals surface area contributed by atoms with Crippen LogP contribution in [0.4, 0.5) is 0 Å². The van der Waals surface area contributed by atoms with E-state index in [0.29, 0.717) is 0 Å². The van der Waals surface area contributed by atoms with Crippen molar-refractivity contribution < 1.29 is 9.53 Å². The lowest BCUT2D eigenvalue weighted by Gasteiger charge is -2.01. The number of hydrogen-bond donors (Lipinski definition) is 0. The van der Waals surface area contributed by atoms with Crippen molar-refractivity contribution in [3.8, 4) is 0 Å². The first-order valence-electron chi connectivity index (χ1n) is 4.88. The van der Waals surface area contributed by atoms with Crippen molar-refractivity contribution in [2.75, 3.05) is 6.61 Å². The maximum atomic E-state index is 11.5. The lowest BCUT2D eigenvalue weighted by Crippen LogP contribution is -2.08. The number of aromatic nitrogens is 3. The van der Waals surface area contributed by atoms with Crippen LogP contribution >= 0.6 is 0 Å². The predicted octanol–water partition coefficient (Wildman–Crippen LogP) is 1.34. The summed E-state index contributed by atoms with van der Waals surface area (Å²) in [6.45, 7) is 8.26. The first-order chi connectivity index (χ1) is 7.20. The van der Waals surface area contributed by atoms with E-state index in [1.54, 1.807) is 11.6 Å². The SMILES string of the molecule is C=CCOC(=O)c1nnn(CCC)c1C. The molecule has 0 fully saturated rings. The van der Waals surface area contributed by atoms with Crippen LogP contribution in [0.15, 0.2) is 12.7 Å². The highest BCUT2D eigenvalue weighted by Gasteiger charge is 2.16. The summed E-state index contributed by atoms with van der Waals surface area (Å²) in [6.07, 6.45) is 2.47. The Morgan fingerprint density at radius 1 is 1.67 bits per heavy atom. The first-order valence-corrected chi connectivity index (χ1v) is 4.88. The molecule has 82 valence electrons. The van der Waals surface area contributed by atoms with Gasteiger partial charge in [0.05, 0.1) is 5.69 Å². The molecule has 1 aromatic heterocycles. The van der Waals surface area contributed by atoms with Crippen molar-refractivity contribution >= 4 is 5.97 Å². The normalized spacial score (nSPS) is 10.0. The largest absolute Gasteiger partial charge is 0.457 e. The van der Waals surface area contributed by atoms with Crippen LogP contribution < -0.4 is 0 Å². The molecule has 15 heavy (non-hydrogen) atoms. The van der Waals surface area contributed by atoms with Crippen LogP contribution in [0.1, 0.15) is 29.5 Å². The van der Waals surface area contributed by atoms with Gasteiger partial charge in [-0.25, -0.2) is 9.48 Å². The fraction of sp³-hybridized carbons (Fsp3) is 0.500. The molecule has 0 aliphatic rings. The standard InChI is InChI=1S/C10H15N3O2/c1-4-6-13-8(3)9(11-12-13)10(14)15-7-5-2/h5H,2,4,6-7H2,1,3H3. The van der Waals surface area contributed by atoms with Crippen LogP contribution in [0.5, 0.6) is 0 Å². The maximum Gasteiger partial charge on any atom is 0.361 e. The zero-order chi connectivity index (χ0) is 11.3. The van der Waals surface area contributed by atoms with Crippen molar-refractivity contribution in [3.63, 3.8) is 0 Å². The van der Waals surface area contributed by atoms with E-state index in [1.165, 1.54) is 6.08 Å². The molecular weight excluding hydrogens is 194 g/mol. The second-order valence-corrected chi connectivity index (χ2v) is 3.13. The number of nitrogens with zero attached hydrogens (tertiary/aromatic N) is 3. The molecule has 0 N–H and O–H groups in total. The molecule has 0 spiro atoms. The summed E-state index contributed by atoms with van der Waals surface area (Å²) in [6, 6.07) is 0. The Bertz CT molecular complexity index is 358. The number of ether oxygens (including phenoxy) is 1. The van der Waals surface area contributed by atoms with Crippen LogP contribution in [0, 0.1) is 6.92 Å².